The summed E-state index contributed by atoms with van der Waals surface area (Å²) in [6.45, 7) is 2.84. The van der Waals surface area contributed by atoms with Gasteiger partial charge in [-0.1, -0.05) is 13.3 Å². The summed E-state index contributed by atoms with van der Waals surface area (Å²) >= 11 is 0. The van der Waals surface area contributed by atoms with E-state index >= 15 is 0 Å². The Hall–Kier alpha value is -2.82. The number of hydrogen-bond donors (Lipinski definition) is 2. The predicted molar refractivity (Wildman–Crippen MR) is 90.0 cm³/mol. The Bertz CT molecular complexity index is 649. The lowest BCUT2D eigenvalue weighted by Gasteiger charge is -2.05. The Morgan fingerprint density at radius 2 is 1.87 bits per heavy atom. The van der Waals surface area contributed by atoms with Gasteiger partial charge < -0.3 is 9.84 Å². The molecule has 0 aliphatic carbocycles. The number of nitrogens with one attached hydrogen (secondary N) is 1. The Morgan fingerprint density at radius 1 is 1.17 bits per heavy atom. The van der Waals surface area contributed by atoms with E-state index in [9.17, 15) is 9.90 Å². The molecule has 2 aromatic rings. The summed E-state index contributed by atoms with van der Waals surface area (Å²) < 4.78 is 5.58. The largest absolute Gasteiger partial charge is 0.508 e. The Morgan fingerprint density at radius 3 is 2.52 bits per heavy atom. The normalized spacial score (nSPS) is 10.7. The quantitative estimate of drug-likeness (QED) is 0.468. The smallest absolute Gasteiger partial charge is 0.271 e. The van der Waals surface area contributed by atoms with Crippen LogP contribution in [0.5, 0.6) is 11.5 Å². The SMILES string of the molecule is CCCCOc1ccc(/C=N/NC(=O)c2ccc(O)cc2)cc1. The third-order valence-electron chi connectivity index (χ3n) is 3.16. The maximum atomic E-state index is 11.8. The average Bonchev–Trinajstić information content (AvgIpc) is 2.57. The van der Waals surface area contributed by atoms with Crippen molar-refractivity contribution in [1.82, 2.24) is 5.43 Å². The highest BCUT2D eigenvalue weighted by atomic mass is 16.5. The number of hydrogen-bond acceptors (Lipinski definition) is 4. The molecule has 2 aromatic carbocycles. The van der Waals surface area contributed by atoms with Gasteiger partial charge in [0.15, 0.2) is 0 Å². The minimum Gasteiger partial charge on any atom is -0.508 e. The highest BCUT2D eigenvalue weighted by molar-refractivity contribution is 5.94. The number of benzene rings is 2. The van der Waals surface area contributed by atoms with Crippen molar-refractivity contribution in [2.75, 3.05) is 6.61 Å². The van der Waals surface area contributed by atoms with Crippen LogP contribution >= 0.6 is 0 Å². The number of carbonyl (C=O) groups is 1. The Kier molecular flexibility index (Phi) is 6.17. The van der Waals surface area contributed by atoms with E-state index in [1.807, 2.05) is 24.3 Å². The highest BCUT2D eigenvalue weighted by Gasteiger charge is 2.03. The van der Waals surface area contributed by atoms with E-state index in [2.05, 4.69) is 17.5 Å². The van der Waals surface area contributed by atoms with Gasteiger partial charge >= 0.3 is 0 Å². The number of phenolic OH excluding ortho intramolecular Hbond substituents is 1. The molecule has 1 amide bonds. The summed E-state index contributed by atoms with van der Waals surface area (Å²) in [4.78, 5) is 11.8. The van der Waals surface area contributed by atoms with E-state index in [0.29, 0.717) is 12.2 Å². The van der Waals surface area contributed by atoms with Crippen molar-refractivity contribution in [3.63, 3.8) is 0 Å². The molecule has 0 bridgehead atoms. The van der Waals surface area contributed by atoms with E-state index < -0.39 is 0 Å². The molecule has 0 saturated heterocycles. The number of nitrogens with zero attached hydrogens (tertiary/aromatic N) is 1. The number of hydrazone groups is 1. The lowest BCUT2D eigenvalue weighted by molar-refractivity contribution is 0.0955. The van der Waals surface area contributed by atoms with Crippen LogP contribution in [-0.2, 0) is 0 Å². The highest BCUT2D eigenvalue weighted by Crippen LogP contribution is 2.12. The van der Waals surface area contributed by atoms with Crippen LogP contribution in [0.1, 0.15) is 35.7 Å². The van der Waals surface area contributed by atoms with Gasteiger partial charge in [0, 0.05) is 5.56 Å². The average molecular weight is 312 g/mol. The second-order valence-electron chi connectivity index (χ2n) is 5.02. The molecule has 120 valence electrons. The van der Waals surface area contributed by atoms with Crippen LogP contribution in [0.4, 0.5) is 0 Å². The summed E-state index contributed by atoms with van der Waals surface area (Å²) in [5.41, 5.74) is 3.73. The molecule has 0 aromatic heterocycles. The molecule has 0 saturated carbocycles. The molecule has 2 N–H and O–H groups in total. The third-order valence-corrected chi connectivity index (χ3v) is 3.16. The van der Waals surface area contributed by atoms with Crippen LogP contribution in [0.2, 0.25) is 0 Å². The molecular formula is C18H20N2O3. The number of carbonyl (C=O) groups excluding carboxylic acids is 1. The van der Waals surface area contributed by atoms with Crippen molar-refractivity contribution in [2.24, 2.45) is 5.10 Å². The lowest BCUT2D eigenvalue weighted by atomic mass is 10.2. The molecule has 5 nitrogen and oxygen atoms in total. The number of rotatable bonds is 7. The molecule has 23 heavy (non-hydrogen) atoms. The van der Waals surface area contributed by atoms with E-state index in [4.69, 9.17) is 4.74 Å². The topological polar surface area (TPSA) is 70.9 Å². The van der Waals surface area contributed by atoms with Gasteiger partial charge in [-0.05, 0) is 60.5 Å². The van der Waals surface area contributed by atoms with Crippen LogP contribution in [0, 0.1) is 0 Å². The first-order chi connectivity index (χ1) is 11.2. The summed E-state index contributed by atoms with van der Waals surface area (Å²) in [7, 11) is 0. The van der Waals surface area contributed by atoms with Crippen molar-refractivity contribution in [3.8, 4) is 11.5 Å². The van der Waals surface area contributed by atoms with Crippen LogP contribution in [0.25, 0.3) is 0 Å². The molecule has 0 heterocycles. The zero-order valence-corrected chi connectivity index (χ0v) is 13.0. The molecule has 2 rings (SSSR count). The van der Waals surface area contributed by atoms with Crippen LogP contribution in [0.15, 0.2) is 53.6 Å². The standard InChI is InChI=1S/C18H20N2O3/c1-2-3-12-23-17-10-4-14(5-11-17)13-19-20-18(22)15-6-8-16(21)9-7-15/h4-11,13,21H,2-3,12H2,1H3,(H,20,22)/b19-13+. The minimum atomic E-state index is -0.333. The van der Waals surface area contributed by atoms with Gasteiger partial charge in [-0.15, -0.1) is 0 Å². The Labute approximate surface area is 135 Å². The van der Waals surface area contributed by atoms with Gasteiger partial charge in [0.1, 0.15) is 11.5 Å². The first-order valence-corrected chi connectivity index (χ1v) is 7.54. The van der Waals surface area contributed by atoms with E-state index in [0.717, 1.165) is 24.2 Å². The maximum absolute atomic E-state index is 11.8. The van der Waals surface area contributed by atoms with Gasteiger partial charge in [-0.3, -0.25) is 4.79 Å². The second-order valence-corrected chi connectivity index (χ2v) is 5.02. The van der Waals surface area contributed by atoms with Crippen molar-refractivity contribution in [3.05, 3.63) is 59.7 Å². The fourth-order valence-corrected chi connectivity index (χ4v) is 1.83. The van der Waals surface area contributed by atoms with E-state index in [1.54, 1.807) is 6.21 Å². The van der Waals surface area contributed by atoms with Gasteiger partial charge in [-0.25, -0.2) is 5.43 Å². The fourth-order valence-electron chi connectivity index (χ4n) is 1.83. The molecule has 0 spiro atoms. The number of phenols is 1. The number of amides is 1. The predicted octanol–water partition coefficient (Wildman–Crippen LogP) is 3.34. The summed E-state index contributed by atoms with van der Waals surface area (Å²) in [6.07, 6.45) is 3.70. The molecular weight excluding hydrogens is 292 g/mol. The number of unbranched alkanes of at least 4 members (excludes halogenated alkanes) is 1. The first kappa shape index (κ1) is 16.5. The zero-order valence-electron chi connectivity index (χ0n) is 13.0. The van der Waals surface area contributed by atoms with Gasteiger partial charge in [0.05, 0.1) is 12.8 Å². The molecule has 0 fully saturated rings. The summed E-state index contributed by atoms with van der Waals surface area (Å²) in [5, 5.41) is 13.1. The Balaban J connectivity index is 1.85. The van der Waals surface area contributed by atoms with Crippen LogP contribution in [0.3, 0.4) is 0 Å². The maximum Gasteiger partial charge on any atom is 0.271 e. The summed E-state index contributed by atoms with van der Waals surface area (Å²) in [5.74, 6) is 0.607. The van der Waals surface area contributed by atoms with Crippen molar-refractivity contribution in [2.45, 2.75) is 19.8 Å². The van der Waals surface area contributed by atoms with E-state index in [1.165, 1.54) is 24.3 Å². The molecule has 0 atom stereocenters. The van der Waals surface area contributed by atoms with Gasteiger partial charge in [-0.2, -0.15) is 5.10 Å². The van der Waals surface area contributed by atoms with Crippen LogP contribution in [-0.4, -0.2) is 23.8 Å². The lowest BCUT2D eigenvalue weighted by Crippen LogP contribution is -2.17. The molecule has 0 radical (unpaired) electrons. The van der Waals surface area contributed by atoms with Gasteiger partial charge in [0.2, 0.25) is 0 Å². The molecule has 5 heteroatoms. The zero-order chi connectivity index (χ0) is 16.5. The van der Waals surface area contributed by atoms with E-state index in [-0.39, 0.29) is 11.7 Å². The monoisotopic (exact) mass is 312 g/mol. The number of aromatic hydroxyl groups is 1. The third kappa shape index (κ3) is 5.47. The van der Waals surface area contributed by atoms with Gasteiger partial charge in [0.25, 0.3) is 5.91 Å². The van der Waals surface area contributed by atoms with Crippen molar-refractivity contribution in [1.29, 1.82) is 0 Å². The minimum absolute atomic E-state index is 0.117. The fraction of sp³-hybridized carbons (Fsp3) is 0.222. The van der Waals surface area contributed by atoms with Crippen LogP contribution < -0.4 is 10.2 Å². The van der Waals surface area contributed by atoms with Crippen molar-refractivity contribution >= 4 is 12.1 Å². The molecule has 0 unspecified atom stereocenters. The molecule has 0 aliphatic rings. The second kappa shape index (κ2) is 8.58. The number of ether oxygens (including phenoxy) is 1. The summed E-state index contributed by atoms with van der Waals surface area (Å²) in [6, 6.07) is 13.5. The molecule has 0 aliphatic heterocycles. The van der Waals surface area contributed by atoms with Crippen molar-refractivity contribution < 1.29 is 14.6 Å². The first-order valence-electron chi connectivity index (χ1n) is 7.54.